The third-order valence-electron chi connectivity index (χ3n) is 0.817. The van der Waals surface area contributed by atoms with Crippen LogP contribution in [0.3, 0.4) is 0 Å². The normalized spacial score (nSPS) is 10.9. The van der Waals surface area contributed by atoms with Crippen molar-refractivity contribution < 1.29 is 24.6 Å². The van der Waals surface area contributed by atoms with Gasteiger partial charge >= 0.3 is 11.9 Å². The molecule has 2 N–H and O–H groups in total. The van der Waals surface area contributed by atoms with E-state index >= 15 is 0 Å². The van der Waals surface area contributed by atoms with E-state index in [1.165, 1.54) is 0 Å². The molecule has 0 bridgehead atoms. The minimum absolute atomic E-state index is 0.353. The Kier molecular flexibility index (Phi) is 4.20. The Bertz CT molecular complexity index is 255. The fraction of sp³-hybridized carbons (Fsp3) is 0.167. The van der Waals surface area contributed by atoms with Crippen molar-refractivity contribution in [2.24, 2.45) is 0 Å². The number of hydrogen-bond donors (Lipinski definition) is 2. The van der Waals surface area contributed by atoms with Crippen LogP contribution in [0.1, 0.15) is 6.42 Å². The van der Waals surface area contributed by atoms with Crippen LogP contribution < -0.4 is 0 Å². The van der Waals surface area contributed by atoms with Gasteiger partial charge in [0.15, 0.2) is 5.78 Å². The standard InChI is InChI=1S/C6H5BrO5/c7-4(6(11)12)1-3(8)2-5(9)10/h1H,2H2,(H,9,10)(H,11,12). The van der Waals surface area contributed by atoms with Gasteiger partial charge < -0.3 is 10.2 Å². The topological polar surface area (TPSA) is 91.7 Å². The zero-order valence-electron chi connectivity index (χ0n) is 5.78. The minimum atomic E-state index is -1.31. The van der Waals surface area contributed by atoms with Gasteiger partial charge in [-0.05, 0) is 15.9 Å². The molecule has 0 saturated carbocycles. The summed E-state index contributed by atoms with van der Waals surface area (Å²) < 4.78 is -0.353. The molecular weight excluding hydrogens is 232 g/mol. The molecule has 0 aliphatic heterocycles. The summed E-state index contributed by atoms with van der Waals surface area (Å²) in [5.41, 5.74) is 0. The lowest BCUT2D eigenvalue weighted by Gasteiger charge is -1.89. The van der Waals surface area contributed by atoms with Crippen molar-refractivity contribution in [2.45, 2.75) is 6.42 Å². The molecule has 66 valence electrons. The quantitative estimate of drug-likeness (QED) is 0.545. The van der Waals surface area contributed by atoms with Crippen molar-refractivity contribution >= 4 is 33.7 Å². The van der Waals surface area contributed by atoms with Crippen molar-refractivity contribution in [1.82, 2.24) is 0 Å². The molecule has 0 unspecified atom stereocenters. The maximum Gasteiger partial charge on any atom is 0.342 e. The highest BCUT2D eigenvalue weighted by molar-refractivity contribution is 9.12. The fourth-order valence-corrected chi connectivity index (χ4v) is 0.658. The van der Waals surface area contributed by atoms with E-state index in [0.29, 0.717) is 0 Å². The van der Waals surface area contributed by atoms with Crippen molar-refractivity contribution in [2.75, 3.05) is 0 Å². The molecule has 5 nitrogen and oxygen atoms in total. The van der Waals surface area contributed by atoms with E-state index in [1.807, 2.05) is 0 Å². The predicted octanol–water partition coefficient (Wildman–Crippen LogP) is 0.394. The number of carbonyl (C=O) groups excluding carboxylic acids is 1. The lowest BCUT2D eigenvalue weighted by Crippen LogP contribution is -2.05. The number of aliphatic carboxylic acids is 2. The van der Waals surface area contributed by atoms with Gasteiger partial charge in [-0.3, -0.25) is 9.59 Å². The summed E-state index contributed by atoms with van der Waals surface area (Å²) in [6, 6.07) is 0. The van der Waals surface area contributed by atoms with Gasteiger partial charge in [-0.25, -0.2) is 4.79 Å². The molecule has 0 saturated heterocycles. The number of halogens is 1. The van der Waals surface area contributed by atoms with E-state index in [-0.39, 0.29) is 4.48 Å². The van der Waals surface area contributed by atoms with Crippen molar-refractivity contribution in [3.05, 3.63) is 10.6 Å². The van der Waals surface area contributed by atoms with Gasteiger partial charge in [-0.1, -0.05) is 0 Å². The van der Waals surface area contributed by atoms with E-state index < -0.39 is 24.1 Å². The number of carboxylic acids is 2. The van der Waals surface area contributed by atoms with Crippen molar-refractivity contribution in [3.8, 4) is 0 Å². The lowest BCUT2D eigenvalue weighted by molar-refractivity contribution is -0.139. The first kappa shape index (κ1) is 10.8. The second kappa shape index (κ2) is 4.66. The molecule has 0 aromatic carbocycles. The van der Waals surface area contributed by atoms with Crippen LogP contribution in [0, 0.1) is 0 Å². The molecule has 6 heteroatoms. The van der Waals surface area contributed by atoms with E-state index in [0.717, 1.165) is 6.08 Å². The summed E-state index contributed by atoms with van der Waals surface area (Å²) in [5, 5.41) is 16.4. The smallest absolute Gasteiger partial charge is 0.342 e. The molecule has 0 aromatic rings. The monoisotopic (exact) mass is 236 g/mol. The third kappa shape index (κ3) is 4.62. The van der Waals surface area contributed by atoms with Gasteiger partial charge in [0.25, 0.3) is 0 Å². The van der Waals surface area contributed by atoms with Crippen LogP contribution in [0.5, 0.6) is 0 Å². The van der Waals surface area contributed by atoms with Crippen molar-refractivity contribution in [1.29, 1.82) is 0 Å². The summed E-state index contributed by atoms with van der Waals surface area (Å²) >= 11 is 2.58. The van der Waals surface area contributed by atoms with E-state index in [1.54, 1.807) is 0 Å². The van der Waals surface area contributed by atoms with E-state index in [4.69, 9.17) is 10.2 Å². The molecule has 0 heterocycles. The molecule has 0 spiro atoms. The van der Waals surface area contributed by atoms with Crippen LogP contribution >= 0.6 is 15.9 Å². The Labute approximate surface area is 75.8 Å². The SMILES string of the molecule is O=C(O)CC(=O)C=C(Br)C(=O)O. The maximum absolute atomic E-state index is 10.6. The second-order valence-electron chi connectivity index (χ2n) is 1.83. The van der Waals surface area contributed by atoms with E-state index in [9.17, 15) is 14.4 Å². The molecule has 0 atom stereocenters. The molecule has 0 aliphatic rings. The number of ketones is 1. The highest BCUT2D eigenvalue weighted by Crippen LogP contribution is 2.04. The molecule has 0 aliphatic carbocycles. The van der Waals surface area contributed by atoms with E-state index in [2.05, 4.69) is 15.9 Å². The van der Waals surface area contributed by atoms with Crippen molar-refractivity contribution in [3.63, 3.8) is 0 Å². The van der Waals surface area contributed by atoms with Gasteiger partial charge in [0.1, 0.15) is 10.9 Å². The van der Waals surface area contributed by atoms with Gasteiger partial charge in [0.2, 0.25) is 0 Å². The van der Waals surface area contributed by atoms with Crippen LogP contribution in [-0.4, -0.2) is 27.9 Å². The summed E-state index contributed by atoms with van der Waals surface area (Å²) in [7, 11) is 0. The van der Waals surface area contributed by atoms with Crippen LogP contribution in [0.25, 0.3) is 0 Å². The Balaban J connectivity index is 4.24. The molecule has 0 radical (unpaired) electrons. The van der Waals surface area contributed by atoms with Gasteiger partial charge in [0, 0.05) is 6.08 Å². The predicted molar refractivity (Wildman–Crippen MR) is 41.9 cm³/mol. The average Bonchev–Trinajstić information content (AvgIpc) is 1.84. The summed E-state index contributed by atoms with van der Waals surface area (Å²) in [6.07, 6.45) is 0.0127. The Morgan fingerprint density at radius 2 is 1.75 bits per heavy atom. The Morgan fingerprint density at radius 3 is 2.08 bits per heavy atom. The van der Waals surface area contributed by atoms with Gasteiger partial charge in [0.05, 0.1) is 0 Å². The second-order valence-corrected chi connectivity index (χ2v) is 2.69. The molecule has 0 fully saturated rings. The average molecular weight is 237 g/mol. The largest absolute Gasteiger partial charge is 0.481 e. The molecule has 0 amide bonds. The maximum atomic E-state index is 10.6. The first-order valence-corrected chi connectivity index (χ1v) is 3.58. The number of carbonyl (C=O) groups is 3. The van der Waals surface area contributed by atoms with Gasteiger partial charge in [-0.2, -0.15) is 0 Å². The number of rotatable bonds is 4. The minimum Gasteiger partial charge on any atom is -0.481 e. The highest BCUT2D eigenvalue weighted by Gasteiger charge is 2.08. The highest BCUT2D eigenvalue weighted by atomic mass is 79.9. The first-order chi connectivity index (χ1) is 5.43. The summed E-state index contributed by atoms with van der Waals surface area (Å²) in [4.78, 5) is 30.7. The molecule has 0 rings (SSSR count). The van der Waals surface area contributed by atoms with Crippen LogP contribution in [0.4, 0.5) is 0 Å². The number of carboxylic acid groups (broad SMARTS) is 2. The third-order valence-corrected chi connectivity index (χ3v) is 1.39. The summed E-state index contributed by atoms with van der Waals surface area (Å²) in [5.74, 6) is -3.37. The summed E-state index contributed by atoms with van der Waals surface area (Å²) in [6.45, 7) is 0. The van der Waals surface area contributed by atoms with Crippen LogP contribution in [0.15, 0.2) is 10.6 Å². The fourth-order valence-electron chi connectivity index (χ4n) is 0.403. The van der Waals surface area contributed by atoms with Gasteiger partial charge in [-0.15, -0.1) is 0 Å². The lowest BCUT2D eigenvalue weighted by atomic mass is 10.2. The Morgan fingerprint density at radius 1 is 1.25 bits per heavy atom. The molecular formula is C6H5BrO5. The number of hydrogen-bond acceptors (Lipinski definition) is 3. The molecule has 12 heavy (non-hydrogen) atoms. The first-order valence-electron chi connectivity index (χ1n) is 2.78. The number of allylic oxidation sites excluding steroid dienone is 1. The molecule has 0 aromatic heterocycles. The Hall–Kier alpha value is -1.17. The van der Waals surface area contributed by atoms with Crippen LogP contribution in [0.2, 0.25) is 0 Å². The zero-order chi connectivity index (χ0) is 9.72. The zero-order valence-corrected chi connectivity index (χ0v) is 7.37. The van der Waals surface area contributed by atoms with Crippen LogP contribution in [-0.2, 0) is 14.4 Å².